The van der Waals surface area contributed by atoms with E-state index in [9.17, 15) is 13.2 Å². The van der Waals surface area contributed by atoms with E-state index >= 15 is 0 Å². The van der Waals surface area contributed by atoms with Gasteiger partial charge in [-0.3, -0.25) is 4.90 Å². The van der Waals surface area contributed by atoms with Crippen molar-refractivity contribution in [2.24, 2.45) is 0 Å². The van der Waals surface area contributed by atoms with Crippen LogP contribution in [0, 0.1) is 6.92 Å². The van der Waals surface area contributed by atoms with E-state index in [1.165, 1.54) is 6.07 Å². The molecule has 0 amide bonds. The van der Waals surface area contributed by atoms with E-state index in [0.717, 1.165) is 44.8 Å². The lowest BCUT2D eigenvalue weighted by Gasteiger charge is -2.36. The Bertz CT molecular complexity index is 468. The number of piperazine rings is 1. The quantitative estimate of drug-likeness (QED) is 0.847. The van der Waals surface area contributed by atoms with Gasteiger partial charge in [0.05, 0.1) is 0 Å². The van der Waals surface area contributed by atoms with Crippen LogP contribution in [-0.2, 0) is 0 Å². The molecule has 1 fully saturated rings. The number of halogens is 3. The van der Waals surface area contributed by atoms with Crippen LogP contribution in [0.3, 0.4) is 0 Å². The lowest BCUT2D eigenvalue weighted by atomic mass is 10.1. The van der Waals surface area contributed by atoms with Gasteiger partial charge in [-0.1, -0.05) is 13.0 Å². The van der Waals surface area contributed by atoms with E-state index in [0.29, 0.717) is 5.56 Å². The Morgan fingerprint density at radius 2 is 1.81 bits per heavy atom. The minimum absolute atomic E-state index is 0.115. The van der Waals surface area contributed by atoms with Crippen LogP contribution in [0.4, 0.5) is 18.9 Å². The van der Waals surface area contributed by atoms with Gasteiger partial charge < -0.3 is 9.64 Å². The highest BCUT2D eigenvalue weighted by molar-refractivity contribution is 5.59. The number of ether oxygens (including phenoxy) is 1. The van der Waals surface area contributed by atoms with Gasteiger partial charge >= 0.3 is 6.36 Å². The zero-order chi connectivity index (χ0) is 15.5. The molecule has 0 aromatic heterocycles. The van der Waals surface area contributed by atoms with Gasteiger partial charge in [-0.25, -0.2) is 0 Å². The summed E-state index contributed by atoms with van der Waals surface area (Å²) in [7, 11) is 0. The van der Waals surface area contributed by atoms with E-state index in [1.807, 2.05) is 6.07 Å². The molecule has 1 aromatic carbocycles. The summed E-state index contributed by atoms with van der Waals surface area (Å²) in [5.41, 5.74) is 1.37. The highest BCUT2D eigenvalue weighted by Crippen LogP contribution is 2.32. The summed E-state index contributed by atoms with van der Waals surface area (Å²) in [5.74, 6) is -0.115. The van der Waals surface area contributed by atoms with Crippen LogP contribution in [-0.4, -0.2) is 44.0 Å². The third-order valence-corrected chi connectivity index (χ3v) is 3.73. The van der Waals surface area contributed by atoms with Gasteiger partial charge in [0.1, 0.15) is 5.75 Å². The largest absolute Gasteiger partial charge is 0.573 e. The molecule has 0 radical (unpaired) electrons. The molecule has 0 saturated carbocycles. The van der Waals surface area contributed by atoms with Gasteiger partial charge in [0, 0.05) is 37.4 Å². The number of anilines is 1. The van der Waals surface area contributed by atoms with Crippen LogP contribution in [0.15, 0.2) is 18.2 Å². The lowest BCUT2D eigenvalue weighted by Crippen LogP contribution is -2.46. The SMILES string of the molecule is CCCN1CCN(c2cccc(OC(F)(F)F)c2C)CC1. The number of hydrogen-bond donors (Lipinski definition) is 0. The molecule has 1 aliphatic heterocycles. The second-order valence-corrected chi connectivity index (χ2v) is 5.28. The maximum Gasteiger partial charge on any atom is 0.573 e. The highest BCUT2D eigenvalue weighted by Gasteiger charge is 2.32. The lowest BCUT2D eigenvalue weighted by molar-refractivity contribution is -0.274. The van der Waals surface area contributed by atoms with Crippen LogP contribution < -0.4 is 9.64 Å². The average Bonchev–Trinajstić information content (AvgIpc) is 2.41. The minimum Gasteiger partial charge on any atom is -0.405 e. The van der Waals surface area contributed by atoms with E-state index < -0.39 is 6.36 Å². The maximum absolute atomic E-state index is 12.4. The van der Waals surface area contributed by atoms with E-state index in [-0.39, 0.29) is 5.75 Å². The van der Waals surface area contributed by atoms with Crippen molar-refractivity contribution in [3.8, 4) is 5.75 Å². The van der Waals surface area contributed by atoms with Crippen LogP contribution in [0.25, 0.3) is 0 Å². The van der Waals surface area contributed by atoms with Crippen molar-refractivity contribution < 1.29 is 17.9 Å². The first-order valence-electron chi connectivity index (χ1n) is 7.23. The van der Waals surface area contributed by atoms with Crippen molar-refractivity contribution in [1.82, 2.24) is 4.90 Å². The van der Waals surface area contributed by atoms with E-state index in [2.05, 4.69) is 21.5 Å². The average molecular weight is 302 g/mol. The van der Waals surface area contributed by atoms with Gasteiger partial charge in [-0.15, -0.1) is 13.2 Å². The Morgan fingerprint density at radius 1 is 1.14 bits per heavy atom. The van der Waals surface area contributed by atoms with Crippen LogP contribution in [0.2, 0.25) is 0 Å². The molecular formula is C15H21F3N2O. The Kier molecular flexibility index (Phi) is 4.98. The van der Waals surface area contributed by atoms with Crippen molar-refractivity contribution in [3.05, 3.63) is 23.8 Å². The first kappa shape index (κ1) is 15.9. The van der Waals surface area contributed by atoms with Crippen molar-refractivity contribution in [3.63, 3.8) is 0 Å². The summed E-state index contributed by atoms with van der Waals surface area (Å²) >= 11 is 0. The second kappa shape index (κ2) is 6.56. The normalized spacial score (nSPS) is 17.1. The second-order valence-electron chi connectivity index (χ2n) is 5.28. The standard InChI is InChI=1S/C15H21F3N2O/c1-3-7-19-8-10-20(11-9-19)13-5-4-6-14(12(13)2)21-15(16,17)18/h4-6H,3,7-11H2,1-2H3. The molecule has 0 N–H and O–H groups in total. The molecule has 1 aliphatic rings. The molecule has 0 atom stereocenters. The molecule has 0 aliphatic carbocycles. The molecule has 1 saturated heterocycles. The zero-order valence-electron chi connectivity index (χ0n) is 12.4. The van der Waals surface area contributed by atoms with Crippen molar-refractivity contribution in [2.75, 3.05) is 37.6 Å². The fraction of sp³-hybridized carbons (Fsp3) is 0.600. The summed E-state index contributed by atoms with van der Waals surface area (Å²) in [6, 6.07) is 4.83. The fourth-order valence-electron chi connectivity index (χ4n) is 2.71. The fourth-order valence-corrected chi connectivity index (χ4v) is 2.71. The maximum atomic E-state index is 12.4. The molecule has 0 bridgehead atoms. The molecule has 118 valence electrons. The molecule has 21 heavy (non-hydrogen) atoms. The number of rotatable bonds is 4. The van der Waals surface area contributed by atoms with Crippen LogP contribution in [0.5, 0.6) is 5.75 Å². The summed E-state index contributed by atoms with van der Waals surface area (Å²) in [6.07, 6.45) is -3.53. The predicted molar refractivity (Wildman–Crippen MR) is 76.8 cm³/mol. The smallest absolute Gasteiger partial charge is 0.405 e. The van der Waals surface area contributed by atoms with Gasteiger partial charge in [-0.05, 0) is 32.0 Å². The highest BCUT2D eigenvalue weighted by atomic mass is 19.4. The summed E-state index contributed by atoms with van der Waals surface area (Å²) in [4.78, 5) is 4.51. The molecule has 1 aromatic rings. The first-order valence-corrected chi connectivity index (χ1v) is 7.23. The number of alkyl halides is 3. The summed E-state index contributed by atoms with van der Waals surface area (Å²) in [6.45, 7) is 8.44. The molecule has 1 heterocycles. The topological polar surface area (TPSA) is 15.7 Å². The minimum atomic E-state index is -4.65. The van der Waals surface area contributed by atoms with Crippen molar-refractivity contribution in [2.45, 2.75) is 26.6 Å². The summed E-state index contributed by atoms with van der Waals surface area (Å²) in [5, 5.41) is 0. The Balaban J connectivity index is 2.09. The van der Waals surface area contributed by atoms with Crippen molar-refractivity contribution in [1.29, 1.82) is 0 Å². The third kappa shape index (κ3) is 4.27. The third-order valence-electron chi connectivity index (χ3n) is 3.73. The number of benzene rings is 1. The number of nitrogens with zero attached hydrogens (tertiary/aromatic N) is 2. The van der Waals surface area contributed by atoms with Crippen LogP contribution in [0.1, 0.15) is 18.9 Å². The van der Waals surface area contributed by atoms with Crippen LogP contribution >= 0.6 is 0 Å². The van der Waals surface area contributed by atoms with Gasteiger partial charge in [0.2, 0.25) is 0 Å². The molecule has 6 heteroatoms. The zero-order valence-corrected chi connectivity index (χ0v) is 12.4. The molecule has 0 spiro atoms. The Morgan fingerprint density at radius 3 is 2.38 bits per heavy atom. The number of hydrogen-bond acceptors (Lipinski definition) is 3. The Labute approximate surface area is 123 Å². The molecule has 2 rings (SSSR count). The Hall–Kier alpha value is -1.43. The van der Waals surface area contributed by atoms with Gasteiger partial charge in [0.25, 0.3) is 0 Å². The summed E-state index contributed by atoms with van der Waals surface area (Å²) < 4.78 is 41.3. The van der Waals surface area contributed by atoms with Crippen molar-refractivity contribution >= 4 is 5.69 Å². The van der Waals surface area contributed by atoms with E-state index in [4.69, 9.17) is 0 Å². The van der Waals surface area contributed by atoms with Gasteiger partial charge in [0.15, 0.2) is 0 Å². The monoisotopic (exact) mass is 302 g/mol. The molecule has 3 nitrogen and oxygen atoms in total. The predicted octanol–water partition coefficient (Wildman–Crippen LogP) is 3.43. The van der Waals surface area contributed by atoms with Gasteiger partial charge in [-0.2, -0.15) is 0 Å². The van der Waals surface area contributed by atoms with E-state index in [1.54, 1.807) is 13.0 Å². The molecular weight excluding hydrogens is 281 g/mol. The first-order chi connectivity index (χ1) is 9.90. The molecule has 0 unspecified atom stereocenters.